The van der Waals surface area contributed by atoms with Crippen LogP contribution in [0.1, 0.15) is 13.8 Å². The Balaban J connectivity index is 2.72. The summed E-state index contributed by atoms with van der Waals surface area (Å²) in [6, 6.07) is 5.39. The lowest BCUT2D eigenvalue weighted by molar-refractivity contribution is -0.116. The van der Waals surface area contributed by atoms with Crippen LogP contribution >= 0.6 is 0 Å². The number of hydrogen-bond acceptors (Lipinski definition) is 4. The summed E-state index contributed by atoms with van der Waals surface area (Å²) in [5.74, 6) is 1.24. The summed E-state index contributed by atoms with van der Waals surface area (Å²) >= 11 is 0. The van der Waals surface area contributed by atoms with E-state index in [1.54, 1.807) is 24.3 Å². The van der Waals surface area contributed by atoms with Crippen molar-refractivity contribution in [2.24, 2.45) is 0 Å². The van der Waals surface area contributed by atoms with Gasteiger partial charge in [-0.05, 0) is 33.0 Å². The van der Waals surface area contributed by atoms with Gasteiger partial charge in [0, 0.05) is 18.3 Å². The summed E-state index contributed by atoms with van der Waals surface area (Å²) < 4.78 is 11.0. The average Bonchev–Trinajstić information content (AvgIpc) is 2.42. The van der Waals surface area contributed by atoms with Gasteiger partial charge in [0.05, 0.1) is 19.8 Å². The van der Waals surface area contributed by atoms with E-state index in [9.17, 15) is 4.79 Å². The van der Waals surface area contributed by atoms with Gasteiger partial charge in [-0.15, -0.1) is 6.58 Å². The first-order chi connectivity index (χ1) is 10.1. The number of benzene rings is 1. The summed E-state index contributed by atoms with van der Waals surface area (Å²) in [6.07, 6.45) is 1.76. The van der Waals surface area contributed by atoms with Crippen LogP contribution in [0.4, 0.5) is 5.69 Å². The maximum atomic E-state index is 11.9. The van der Waals surface area contributed by atoms with Gasteiger partial charge in [0.2, 0.25) is 5.91 Å². The molecule has 5 nitrogen and oxygen atoms in total. The van der Waals surface area contributed by atoms with Crippen molar-refractivity contribution in [3.05, 3.63) is 30.9 Å². The topological polar surface area (TPSA) is 50.8 Å². The number of nitrogens with zero attached hydrogens (tertiary/aromatic N) is 1. The standard InChI is InChI=1S/C16H24N2O3/c1-5-10-18(4)12-16(19)17-13-8-9-14(20-6-2)15(11-13)21-7-3/h5,8-9,11H,1,6-7,10,12H2,2-4H3,(H,17,19). The molecule has 0 aliphatic carbocycles. The highest BCUT2D eigenvalue weighted by molar-refractivity contribution is 5.92. The van der Waals surface area contributed by atoms with Crippen molar-refractivity contribution in [3.8, 4) is 11.5 Å². The Kier molecular flexibility index (Phi) is 7.32. The average molecular weight is 292 g/mol. The molecule has 1 rings (SSSR count). The zero-order valence-electron chi connectivity index (χ0n) is 13.0. The van der Waals surface area contributed by atoms with Crippen molar-refractivity contribution in [1.82, 2.24) is 4.90 Å². The molecule has 0 heterocycles. The molecule has 0 aliphatic rings. The summed E-state index contributed by atoms with van der Waals surface area (Å²) in [6.45, 7) is 9.56. The van der Waals surface area contributed by atoms with Crippen LogP contribution in [0, 0.1) is 0 Å². The molecule has 21 heavy (non-hydrogen) atoms. The lowest BCUT2D eigenvalue weighted by Gasteiger charge is -2.15. The number of nitrogens with one attached hydrogen (secondary N) is 1. The minimum absolute atomic E-state index is 0.0778. The normalized spacial score (nSPS) is 10.3. The zero-order chi connectivity index (χ0) is 15.7. The molecule has 1 aromatic carbocycles. The summed E-state index contributed by atoms with van der Waals surface area (Å²) in [7, 11) is 1.87. The van der Waals surface area contributed by atoms with Crippen molar-refractivity contribution in [1.29, 1.82) is 0 Å². The summed E-state index contributed by atoms with van der Waals surface area (Å²) in [5.41, 5.74) is 0.693. The first-order valence-electron chi connectivity index (χ1n) is 7.09. The predicted molar refractivity (Wildman–Crippen MR) is 85.1 cm³/mol. The molecule has 0 atom stereocenters. The molecule has 5 heteroatoms. The minimum atomic E-state index is -0.0778. The van der Waals surface area contributed by atoms with Gasteiger partial charge in [-0.3, -0.25) is 9.69 Å². The molecule has 0 aliphatic heterocycles. The molecule has 0 bridgehead atoms. The smallest absolute Gasteiger partial charge is 0.238 e. The number of carbonyl (C=O) groups is 1. The Bertz CT molecular complexity index is 475. The van der Waals surface area contributed by atoms with Crippen molar-refractivity contribution in [3.63, 3.8) is 0 Å². The number of likely N-dealkylation sites (N-methyl/N-ethyl adjacent to an activating group) is 1. The second kappa shape index (κ2) is 9.02. The molecule has 0 spiro atoms. The number of carbonyl (C=O) groups excluding carboxylic acids is 1. The fraction of sp³-hybridized carbons (Fsp3) is 0.438. The zero-order valence-corrected chi connectivity index (χ0v) is 13.0. The lowest BCUT2D eigenvalue weighted by atomic mass is 10.2. The van der Waals surface area contributed by atoms with E-state index in [0.29, 0.717) is 43.5 Å². The SMILES string of the molecule is C=CCN(C)CC(=O)Nc1ccc(OCC)c(OCC)c1. The Morgan fingerprint density at radius 2 is 1.95 bits per heavy atom. The molecular weight excluding hydrogens is 268 g/mol. The van der Waals surface area contributed by atoms with Crippen LogP contribution in [0.5, 0.6) is 11.5 Å². The highest BCUT2D eigenvalue weighted by Crippen LogP contribution is 2.30. The maximum absolute atomic E-state index is 11.9. The molecule has 116 valence electrons. The molecule has 1 N–H and O–H groups in total. The fourth-order valence-corrected chi connectivity index (χ4v) is 1.86. The molecule has 0 radical (unpaired) electrons. The Morgan fingerprint density at radius 1 is 1.29 bits per heavy atom. The molecule has 0 aromatic heterocycles. The Hall–Kier alpha value is -2.01. The second-order valence-corrected chi connectivity index (χ2v) is 4.56. The van der Waals surface area contributed by atoms with E-state index in [0.717, 1.165) is 0 Å². The first-order valence-corrected chi connectivity index (χ1v) is 7.09. The third kappa shape index (κ3) is 5.87. The van der Waals surface area contributed by atoms with E-state index in [1.807, 2.05) is 25.8 Å². The number of amides is 1. The largest absolute Gasteiger partial charge is 0.490 e. The molecule has 0 unspecified atom stereocenters. The Labute approximate surface area is 126 Å². The third-order valence-corrected chi connectivity index (χ3v) is 2.68. The van der Waals surface area contributed by atoms with Crippen LogP contribution in [0.2, 0.25) is 0 Å². The van der Waals surface area contributed by atoms with E-state index < -0.39 is 0 Å². The van der Waals surface area contributed by atoms with Gasteiger partial charge in [0.25, 0.3) is 0 Å². The lowest BCUT2D eigenvalue weighted by Crippen LogP contribution is -2.30. The van der Waals surface area contributed by atoms with E-state index in [-0.39, 0.29) is 5.91 Å². The number of hydrogen-bond donors (Lipinski definition) is 1. The van der Waals surface area contributed by atoms with Crippen LogP contribution < -0.4 is 14.8 Å². The first kappa shape index (κ1) is 17.0. The van der Waals surface area contributed by atoms with E-state index in [2.05, 4.69) is 11.9 Å². The van der Waals surface area contributed by atoms with Gasteiger partial charge in [-0.2, -0.15) is 0 Å². The molecule has 1 amide bonds. The number of anilines is 1. The Morgan fingerprint density at radius 3 is 2.57 bits per heavy atom. The highest BCUT2D eigenvalue weighted by atomic mass is 16.5. The molecule has 0 fully saturated rings. The predicted octanol–water partition coefficient (Wildman–Crippen LogP) is 2.54. The fourth-order valence-electron chi connectivity index (χ4n) is 1.86. The summed E-state index contributed by atoms with van der Waals surface area (Å²) in [4.78, 5) is 13.8. The molecule has 0 saturated heterocycles. The monoisotopic (exact) mass is 292 g/mol. The van der Waals surface area contributed by atoms with Crippen LogP contribution in [0.3, 0.4) is 0 Å². The highest BCUT2D eigenvalue weighted by Gasteiger charge is 2.09. The van der Waals surface area contributed by atoms with E-state index >= 15 is 0 Å². The van der Waals surface area contributed by atoms with E-state index in [4.69, 9.17) is 9.47 Å². The number of ether oxygens (including phenoxy) is 2. The molecule has 0 saturated carbocycles. The van der Waals surface area contributed by atoms with Crippen molar-refractivity contribution >= 4 is 11.6 Å². The van der Waals surface area contributed by atoms with Crippen LogP contribution in [0.25, 0.3) is 0 Å². The second-order valence-electron chi connectivity index (χ2n) is 4.56. The van der Waals surface area contributed by atoms with Gasteiger partial charge in [-0.1, -0.05) is 6.08 Å². The van der Waals surface area contributed by atoms with Crippen LogP contribution in [-0.2, 0) is 4.79 Å². The van der Waals surface area contributed by atoms with Gasteiger partial charge >= 0.3 is 0 Å². The van der Waals surface area contributed by atoms with Gasteiger partial charge in [0.15, 0.2) is 11.5 Å². The third-order valence-electron chi connectivity index (χ3n) is 2.68. The molecular formula is C16H24N2O3. The van der Waals surface area contributed by atoms with Gasteiger partial charge < -0.3 is 14.8 Å². The van der Waals surface area contributed by atoms with Gasteiger partial charge in [0.1, 0.15) is 0 Å². The molecule has 1 aromatic rings. The van der Waals surface area contributed by atoms with E-state index in [1.165, 1.54) is 0 Å². The number of rotatable bonds is 9. The van der Waals surface area contributed by atoms with Crippen LogP contribution in [-0.4, -0.2) is 44.2 Å². The minimum Gasteiger partial charge on any atom is -0.490 e. The van der Waals surface area contributed by atoms with Crippen molar-refractivity contribution in [2.75, 3.05) is 38.7 Å². The quantitative estimate of drug-likeness (QED) is 0.711. The van der Waals surface area contributed by atoms with Gasteiger partial charge in [-0.25, -0.2) is 0 Å². The van der Waals surface area contributed by atoms with Crippen molar-refractivity contribution < 1.29 is 14.3 Å². The van der Waals surface area contributed by atoms with Crippen LogP contribution in [0.15, 0.2) is 30.9 Å². The summed E-state index contributed by atoms with van der Waals surface area (Å²) in [5, 5.41) is 2.85. The van der Waals surface area contributed by atoms with Crippen molar-refractivity contribution in [2.45, 2.75) is 13.8 Å². The maximum Gasteiger partial charge on any atom is 0.238 e.